The number of aromatic nitrogens is 4. The summed E-state index contributed by atoms with van der Waals surface area (Å²) in [6, 6.07) is 0.186. The quantitative estimate of drug-likeness (QED) is 0.740. The molecule has 0 saturated heterocycles. The van der Waals surface area contributed by atoms with Crippen LogP contribution in [0.15, 0.2) is 17.4 Å². The summed E-state index contributed by atoms with van der Waals surface area (Å²) in [5.74, 6) is 0.0203. The minimum Gasteiger partial charge on any atom is -0.383 e. The minimum absolute atomic E-state index is 0.186. The van der Waals surface area contributed by atoms with Crippen LogP contribution in [0.5, 0.6) is 0 Å². The Balaban J connectivity index is 2.13. The van der Waals surface area contributed by atoms with Crippen molar-refractivity contribution in [2.24, 2.45) is 23.5 Å². The van der Waals surface area contributed by atoms with E-state index in [2.05, 4.69) is 20.5 Å². The van der Waals surface area contributed by atoms with Gasteiger partial charge in [-0.15, -0.1) is 0 Å². The lowest BCUT2D eigenvalue weighted by Gasteiger charge is -2.32. The Hall–Kier alpha value is -2.35. The van der Waals surface area contributed by atoms with Gasteiger partial charge in [0.05, 0.1) is 23.0 Å². The second-order valence-corrected chi connectivity index (χ2v) is 5.64. The van der Waals surface area contributed by atoms with Gasteiger partial charge < -0.3 is 11.1 Å². The lowest BCUT2D eigenvalue weighted by molar-refractivity contribution is 0.494. The van der Waals surface area contributed by atoms with Crippen LogP contribution in [0.4, 0.5) is 5.82 Å². The molecule has 3 rings (SSSR count). The molecule has 0 saturated carbocycles. The predicted octanol–water partition coefficient (Wildman–Crippen LogP) is 0.406. The first-order chi connectivity index (χ1) is 9.82. The predicted molar refractivity (Wildman–Crippen MR) is 80.8 cm³/mol. The largest absolute Gasteiger partial charge is 0.383 e. The smallest absolute Gasteiger partial charge is 0.215 e. The molecule has 1 aliphatic rings. The molecular formula is C13H20N8. The van der Waals surface area contributed by atoms with E-state index in [0.717, 1.165) is 22.6 Å². The average molecular weight is 288 g/mol. The number of anilines is 1. The lowest BCUT2D eigenvalue weighted by atomic mass is 10.1. The van der Waals surface area contributed by atoms with Gasteiger partial charge >= 0.3 is 0 Å². The van der Waals surface area contributed by atoms with Crippen LogP contribution in [-0.2, 0) is 12.8 Å². The maximum Gasteiger partial charge on any atom is 0.215 e. The van der Waals surface area contributed by atoms with Crippen LogP contribution in [0.1, 0.15) is 36.7 Å². The standard InChI is InChI=1S/C13H20N8/c1-7(2)21-12-9(5-16-21)11(14)17-13(15,18-12)10-6-20(4)19-8(10)3/h5-7,18H,15H2,1-4H3,(H2,14,17). The van der Waals surface area contributed by atoms with Crippen molar-refractivity contribution >= 4 is 11.7 Å². The van der Waals surface area contributed by atoms with Gasteiger partial charge in [0.15, 0.2) is 0 Å². The number of nitrogens with one attached hydrogen (secondary N) is 1. The number of nitrogens with zero attached hydrogens (tertiary/aromatic N) is 5. The highest BCUT2D eigenvalue weighted by atomic mass is 15.4. The van der Waals surface area contributed by atoms with E-state index in [4.69, 9.17) is 11.5 Å². The molecular weight excluding hydrogens is 268 g/mol. The fourth-order valence-corrected chi connectivity index (χ4v) is 2.63. The zero-order chi connectivity index (χ0) is 15.4. The van der Waals surface area contributed by atoms with Crippen LogP contribution in [0.2, 0.25) is 0 Å². The Morgan fingerprint density at radius 2 is 2.10 bits per heavy atom. The van der Waals surface area contributed by atoms with Crippen molar-refractivity contribution in [1.29, 1.82) is 0 Å². The number of nitrogens with two attached hydrogens (primary N) is 2. The minimum atomic E-state index is -1.14. The summed E-state index contributed by atoms with van der Waals surface area (Å²) >= 11 is 0. The van der Waals surface area contributed by atoms with Gasteiger partial charge in [-0.25, -0.2) is 9.67 Å². The maximum absolute atomic E-state index is 6.45. The number of rotatable bonds is 2. The second-order valence-electron chi connectivity index (χ2n) is 5.64. The maximum atomic E-state index is 6.45. The van der Waals surface area contributed by atoms with Gasteiger partial charge in [0.2, 0.25) is 5.79 Å². The molecule has 0 radical (unpaired) electrons. The van der Waals surface area contributed by atoms with E-state index in [1.807, 2.05) is 38.7 Å². The highest BCUT2D eigenvalue weighted by Gasteiger charge is 2.37. The zero-order valence-electron chi connectivity index (χ0n) is 12.6. The van der Waals surface area contributed by atoms with E-state index in [1.54, 1.807) is 10.9 Å². The van der Waals surface area contributed by atoms with Crippen molar-refractivity contribution in [2.45, 2.75) is 32.6 Å². The molecule has 2 aromatic rings. The summed E-state index contributed by atoms with van der Waals surface area (Å²) in [6.07, 6.45) is 3.55. The number of hydrogen-bond acceptors (Lipinski definition) is 6. The van der Waals surface area contributed by atoms with Crippen molar-refractivity contribution < 1.29 is 0 Å². The van der Waals surface area contributed by atoms with Gasteiger partial charge in [-0.2, -0.15) is 10.2 Å². The summed E-state index contributed by atoms with van der Waals surface area (Å²) in [5.41, 5.74) is 14.9. The van der Waals surface area contributed by atoms with Crippen LogP contribution < -0.4 is 16.8 Å². The molecule has 21 heavy (non-hydrogen) atoms. The molecule has 0 aromatic carbocycles. The van der Waals surface area contributed by atoms with E-state index in [9.17, 15) is 0 Å². The van der Waals surface area contributed by atoms with Gasteiger partial charge in [0, 0.05) is 19.3 Å². The van der Waals surface area contributed by atoms with Crippen molar-refractivity contribution in [2.75, 3.05) is 5.32 Å². The Labute approximate surface area is 122 Å². The van der Waals surface area contributed by atoms with Crippen molar-refractivity contribution in [3.8, 4) is 0 Å². The first-order valence-corrected chi connectivity index (χ1v) is 6.83. The van der Waals surface area contributed by atoms with E-state index in [1.165, 1.54) is 0 Å². The fraction of sp³-hybridized carbons (Fsp3) is 0.462. The fourth-order valence-electron chi connectivity index (χ4n) is 2.63. The molecule has 0 fully saturated rings. The summed E-state index contributed by atoms with van der Waals surface area (Å²) in [4.78, 5) is 4.43. The molecule has 0 bridgehead atoms. The zero-order valence-corrected chi connectivity index (χ0v) is 12.6. The van der Waals surface area contributed by atoms with Crippen LogP contribution >= 0.6 is 0 Å². The van der Waals surface area contributed by atoms with Crippen LogP contribution in [0.25, 0.3) is 0 Å². The summed E-state index contributed by atoms with van der Waals surface area (Å²) in [7, 11) is 1.85. The monoisotopic (exact) mass is 288 g/mol. The van der Waals surface area contributed by atoms with Gasteiger partial charge in [-0.05, 0) is 20.8 Å². The Bertz CT molecular complexity index is 723. The molecule has 0 aliphatic carbocycles. The third-order valence-electron chi connectivity index (χ3n) is 3.59. The third-order valence-corrected chi connectivity index (χ3v) is 3.59. The van der Waals surface area contributed by atoms with Gasteiger partial charge in [-0.1, -0.05) is 0 Å². The Morgan fingerprint density at radius 3 is 2.67 bits per heavy atom. The van der Waals surface area contributed by atoms with Crippen LogP contribution in [-0.4, -0.2) is 25.4 Å². The summed E-state index contributed by atoms with van der Waals surface area (Å²) in [5, 5.41) is 11.9. The summed E-state index contributed by atoms with van der Waals surface area (Å²) < 4.78 is 3.56. The first kappa shape index (κ1) is 13.6. The SMILES string of the molecule is Cc1nn(C)cc1C1(N)N=C(N)c2cnn(C(C)C)c2N1. The third kappa shape index (κ3) is 1.99. The second kappa shape index (κ2) is 4.32. The molecule has 1 atom stereocenters. The molecule has 2 aromatic heterocycles. The number of fused-ring (bicyclic) bond motifs is 1. The molecule has 8 heteroatoms. The number of hydrogen-bond donors (Lipinski definition) is 3. The molecule has 1 aliphatic heterocycles. The number of aryl methyl sites for hydroxylation is 2. The van der Waals surface area contributed by atoms with Gasteiger partial charge in [0.25, 0.3) is 0 Å². The number of amidine groups is 1. The van der Waals surface area contributed by atoms with Crippen LogP contribution in [0, 0.1) is 6.92 Å². The van der Waals surface area contributed by atoms with Crippen LogP contribution in [0.3, 0.4) is 0 Å². The Kier molecular flexibility index (Phi) is 2.80. The number of aliphatic imine (C=N–C) groups is 1. The van der Waals surface area contributed by atoms with E-state index in [-0.39, 0.29) is 6.04 Å². The molecule has 0 amide bonds. The molecule has 3 heterocycles. The molecule has 1 unspecified atom stereocenters. The Morgan fingerprint density at radius 1 is 1.38 bits per heavy atom. The topological polar surface area (TPSA) is 112 Å². The van der Waals surface area contributed by atoms with Gasteiger partial charge in [-0.3, -0.25) is 10.4 Å². The molecule has 112 valence electrons. The summed E-state index contributed by atoms with van der Waals surface area (Å²) in [6.45, 7) is 5.99. The molecule has 8 nitrogen and oxygen atoms in total. The average Bonchev–Trinajstić information content (AvgIpc) is 2.92. The highest BCUT2D eigenvalue weighted by Crippen LogP contribution is 2.32. The van der Waals surface area contributed by atoms with Gasteiger partial charge in [0.1, 0.15) is 11.7 Å². The highest BCUT2D eigenvalue weighted by molar-refractivity contribution is 6.03. The molecule has 5 N–H and O–H groups in total. The normalized spacial score (nSPS) is 21.1. The molecule has 0 spiro atoms. The lowest BCUT2D eigenvalue weighted by Crippen LogP contribution is -2.48. The van der Waals surface area contributed by atoms with Crippen molar-refractivity contribution in [3.05, 3.63) is 29.2 Å². The van der Waals surface area contributed by atoms with E-state index >= 15 is 0 Å². The van der Waals surface area contributed by atoms with Crippen molar-refractivity contribution in [1.82, 2.24) is 19.6 Å². The van der Waals surface area contributed by atoms with Crippen molar-refractivity contribution in [3.63, 3.8) is 0 Å². The van der Waals surface area contributed by atoms with E-state index in [0.29, 0.717) is 5.84 Å². The van der Waals surface area contributed by atoms with E-state index < -0.39 is 5.79 Å². The first-order valence-electron chi connectivity index (χ1n) is 6.83.